The van der Waals surface area contributed by atoms with Crippen LogP contribution in [0.1, 0.15) is 45.9 Å². The normalized spacial score (nSPS) is 12.5. The number of amides is 1. The van der Waals surface area contributed by atoms with E-state index in [2.05, 4.69) is 15.3 Å². The van der Waals surface area contributed by atoms with E-state index < -0.39 is 0 Å². The molecule has 5 nitrogen and oxygen atoms in total. The van der Waals surface area contributed by atoms with Crippen molar-refractivity contribution in [2.75, 3.05) is 0 Å². The van der Waals surface area contributed by atoms with E-state index in [1.165, 1.54) is 11.3 Å². The second-order valence-electron chi connectivity index (χ2n) is 6.09. The molecule has 0 aliphatic rings. The summed E-state index contributed by atoms with van der Waals surface area (Å²) in [5.74, 6) is 1.63. The van der Waals surface area contributed by atoms with Crippen LogP contribution in [0.2, 0.25) is 0 Å². The molecule has 0 aliphatic carbocycles. The lowest BCUT2D eigenvalue weighted by Crippen LogP contribution is -2.32. The predicted molar refractivity (Wildman–Crippen MR) is 95.6 cm³/mol. The summed E-state index contributed by atoms with van der Waals surface area (Å²) in [5.41, 5.74) is 1.89. The van der Waals surface area contributed by atoms with E-state index in [0.29, 0.717) is 0 Å². The molecular weight excluding hydrogens is 322 g/mol. The van der Waals surface area contributed by atoms with Gasteiger partial charge in [-0.15, -0.1) is 11.3 Å². The van der Waals surface area contributed by atoms with Crippen LogP contribution in [0.5, 0.6) is 0 Å². The largest absolute Gasteiger partial charge is 0.469 e. The highest BCUT2D eigenvalue weighted by Crippen LogP contribution is 2.31. The zero-order valence-electron chi connectivity index (χ0n) is 14.3. The van der Waals surface area contributed by atoms with Gasteiger partial charge in [0.05, 0.1) is 11.1 Å². The van der Waals surface area contributed by atoms with Gasteiger partial charge in [-0.3, -0.25) is 4.79 Å². The molecule has 0 saturated carbocycles. The van der Waals surface area contributed by atoms with Crippen molar-refractivity contribution in [2.45, 2.75) is 46.6 Å². The van der Waals surface area contributed by atoms with Crippen molar-refractivity contribution in [2.24, 2.45) is 0 Å². The molecule has 126 valence electrons. The van der Waals surface area contributed by atoms with E-state index in [9.17, 15) is 4.79 Å². The Morgan fingerprint density at radius 2 is 2.12 bits per heavy atom. The molecule has 0 aromatic carbocycles. The van der Waals surface area contributed by atoms with E-state index in [1.807, 2.05) is 39.8 Å². The van der Waals surface area contributed by atoms with Crippen LogP contribution in [0.4, 0.5) is 0 Å². The molecule has 0 aliphatic heterocycles. The van der Waals surface area contributed by atoms with Gasteiger partial charge < -0.3 is 9.73 Å². The standard InChI is InChI=1S/C18H21N3O2S/c1-10(7-8-14-6-5-9-23-14)19-17(22)16-11(2)15-12(3)20-13(4)21-18(15)24-16/h5-6,9-10H,7-8H2,1-4H3,(H,19,22). The number of thiophene rings is 1. The maximum absolute atomic E-state index is 12.6. The Balaban J connectivity index is 1.74. The van der Waals surface area contributed by atoms with Crippen LogP contribution in [0.25, 0.3) is 10.2 Å². The minimum atomic E-state index is -0.0421. The van der Waals surface area contributed by atoms with Crippen molar-refractivity contribution in [1.29, 1.82) is 0 Å². The van der Waals surface area contributed by atoms with Gasteiger partial charge in [0, 0.05) is 23.5 Å². The topological polar surface area (TPSA) is 68.0 Å². The first-order chi connectivity index (χ1) is 11.5. The molecule has 3 heterocycles. The number of hydrogen-bond acceptors (Lipinski definition) is 5. The van der Waals surface area contributed by atoms with Gasteiger partial charge in [-0.05, 0) is 51.8 Å². The van der Waals surface area contributed by atoms with Crippen LogP contribution in [0.3, 0.4) is 0 Å². The molecule has 3 aromatic rings. The van der Waals surface area contributed by atoms with E-state index in [4.69, 9.17) is 4.42 Å². The minimum absolute atomic E-state index is 0.0421. The fraction of sp³-hybridized carbons (Fsp3) is 0.389. The molecule has 0 fully saturated rings. The number of aryl methyl sites for hydroxylation is 4. The lowest BCUT2D eigenvalue weighted by atomic mass is 10.1. The summed E-state index contributed by atoms with van der Waals surface area (Å²) in [5, 5.41) is 4.08. The van der Waals surface area contributed by atoms with Gasteiger partial charge in [0.1, 0.15) is 16.4 Å². The van der Waals surface area contributed by atoms with Gasteiger partial charge in [-0.2, -0.15) is 0 Å². The Morgan fingerprint density at radius 1 is 1.33 bits per heavy atom. The van der Waals surface area contributed by atoms with Crippen LogP contribution < -0.4 is 5.32 Å². The van der Waals surface area contributed by atoms with Crippen molar-refractivity contribution < 1.29 is 9.21 Å². The van der Waals surface area contributed by atoms with Gasteiger partial charge in [0.2, 0.25) is 0 Å². The summed E-state index contributed by atoms with van der Waals surface area (Å²) in [6.45, 7) is 7.81. The van der Waals surface area contributed by atoms with Crippen LogP contribution in [-0.2, 0) is 6.42 Å². The van der Waals surface area contributed by atoms with Gasteiger partial charge in [-0.1, -0.05) is 0 Å². The monoisotopic (exact) mass is 343 g/mol. The van der Waals surface area contributed by atoms with E-state index in [-0.39, 0.29) is 11.9 Å². The molecule has 24 heavy (non-hydrogen) atoms. The Bertz CT molecular complexity index is 868. The third-order valence-corrected chi connectivity index (χ3v) is 5.25. The number of nitrogens with one attached hydrogen (secondary N) is 1. The van der Waals surface area contributed by atoms with Gasteiger partial charge in [0.15, 0.2) is 0 Å². The summed E-state index contributed by atoms with van der Waals surface area (Å²) in [7, 11) is 0. The summed E-state index contributed by atoms with van der Waals surface area (Å²) in [6.07, 6.45) is 3.31. The van der Waals surface area contributed by atoms with Crippen LogP contribution in [0.15, 0.2) is 22.8 Å². The SMILES string of the molecule is Cc1nc(C)c2c(C)c(C(=O)NC(C)CCc3ccco3)sc2n1. The Labute approximate surface area is 145 Å². The van der Waals surface area contributed by atoms with Crippen molar-refractivity contribution in [3.63, 3.8) is 0 Å². The number of carbonyl (C=O) groups is 1. The third-order valence-electron chi connectivity index (χ3n) is 4.07. The fourth-order valence-electron chi connectivity index (χ4n) is 2.87. The molecule has 3 aromatic heterocycles. The van der Waals surface area contributed by atoms with Crippen molar-refractivity contribution in [3.8, 4) is 0 Å². The number of nitrogens with zero attached hydrogens (tertiary/aromatic N) is 2. The van der Waals surface area contributed by atoms with E-state index in [1.54, 1.807) is 6.26 Å². The highest BCUT2D eigenvalue weighted by Gasteiger charge is 2.19. The first kappa shape index (κ1) is 16.6. The van der Waals surface area contributed by atoms with Gasteiger partial charge >= 0.3 is 0 Å². The smallest absolute Gasteiger partial charge is 0.261 e. The second-order valence-corrected chi connectivity index (χ2v) is 7.08. The molecule has 0 saturated heterocycles. The number of hydrogen-bond donors (Lipinski definition) is 1. The molecule has 0 bridgehead atoms. The predicted octanol–water partition coefficient (Wildman–Crippen LogP) is 3.96. The minimum Gasteiger partial charge on any atom is -0.469 e. The Kier molecular flexibility index (Phi) is 4.66. The van der Waals surface area contributed by atoms with Gasteiger partial charge in [-0.25, -0.2) is 9.97 Å². The highest BCUT2D eigenvalue weighted by atomic mass is 32.1. The number of aromatic nitrogens is 2. The molecule has 6 heteroatoms. The molecule has 1 unspecified atom stereocenters. The third kappa shape index (κ3) is 3.33. The molecule has 1 amide bonds. The molecule has 1 N–H and O–H groups in total. The number of furan rings is 1. The quantitative estimate of drug-likeness (QED) is 0.761. The first-order valence-electron chi connectivity index (χ1n) is 8.03. The average Bonchev–Trinajstić information content (AvgIpc) is 3.13. The number of carbonyl (C=O) groups excluding carboxylic acids is 1. The second kappa shape index (κ2) is 6.73. The number of fused-ring (bicyclic) bond motifs is 1. The summed E-state index contributed by atoms with van der Waals surface area (Å²) >= 11 is 1.44. The maximum atomic E-state index is 12.6. The van der Waals surface area contributed by atoms with Crippen molar-refractivity contribution >= 4 is 27.5 Å². The molecule has 0 radical (unpaired) electrons. The lowest BCUT2D eigenvalue weighted by molar-refractivity contribution is 0.0941. The highest BCUT2D eigenvalue weighted by molar-refractivity contribution is 7.20. The maximum Gasteiger partial charge on any atom is 0.261 e. The summed E-state index contributed by atoms with van der Waals surface area (Å²) in [4.78, 5) is 23.1. The first-order valence-corrected chi connectivity index (χ1v) is 8.85. The van der Waals surface area contributed by atoms with Crippen molar-refractivity contribution in [3.05, 3.63) is 46.1 Å². The Hall–Kier alpha value is -2.21. The van der Waals surface area contributed by atoms with E-state index >= 15 is 0 Å². The van der Waals surface area contributed by atoms with Crippen LogP contribution in [-0.4, -0.2) is 21.9 Å². The summed E-state index contributed by atoms with van der Waals surface area (Å²) < 4.78 is 5.33. The summed E-state index contributed by atoms with van der Waals surface area (Å²) in [6, 6.07) is 3.90. The van der Waals surface area contributed by atoms with E-state index in [0.717, 1.165) is 50.8 Å². The molecule has 0 spiro atoms. The molecule has 1 atom stereocenters. The average molecular weight is 343 g/mol. The zero-order chi connectivity index (χ0) is 17.3. The molecule has 3 rings (SSSR count). The molecular formula is C18H21N3O2S. The van der Waals surface area contributed by atoms with Crippen LogP contribution in [0, 0.1) is 20.8 Å². The van der Waals surface area contributed by atoms with Crippen LogP contribution >= 0.6 is 11.3 Å². The van der Waals surface area contributed by atoms with Gasteiger partial charge in [0.25, 0.3) is 5.91 Å². The number of rotatable bonds is 5. The lowest BCUT2D eigenvalue weighted by Gasteiger charge is -2.12. The fourth-order valence-corrected chi connectivity index (χ4v) is 4.05. The zero-order valence-corrected chi connectivity index (χ0v) is 15.2. The van der Waals surface area contributed by atoms with Crippen molar-refractivity contribution in [1.82, 2.24) is 15.3 Å². The Morgan fingerprint density at radius 3 is 2.83 bits per heavy atom.